The lowest BCUT2D eigenvalue weighted by Crippen LogP contribution is -2.32. The predicted molar refractivity (Wildman–Crippen MR) is 204 cm³/mol. The molecule has 3 aliphatic rings. The van der Waals surface area contributed by atoms with Gasteiger partial charge in [-0.1, -0.05) is 30.7 Å². The summed E-state index contributed by atoms with van der Waals surface area (Å²) in [7, 11) is -8.26. The Hall–Kier alpha value is -6.35. The molecule has 1 heterocycles. The summed E-state index contributed by atoms with van der Waals surface area (Å²) in [5, 5.41) is 6.16. The molecule has 1 aliphatic heterocycles. The highest BCUT2D eigenvalue weighted by Gasteiger charge is 2.32. The summed E-state index contributed by atoms with van der Waals surface area (Å²) in [5.74, 6) is -1.69. The molecule has 0 saturated carbocycles. The molecule has 57 heavy (non-hydrogen) atoms. The fraction of sp³-hybridized carbons (Fsp3) is 0.216. The van der Waals surface area contributed by atoms with E-state index in [0.29, 0.717) is 36.2 Å². The molecule has 0 bridgehead atoms. The zero-order chi connectivity index (χ0) is 41.2. The van der Waals surface area contributed by atoms with Crippen LogP contribution in [0.4, 0.5) is 22.7 Å². The van der Waals surface area contributed by atoms with Crippen molar-refractivity contribution in [2.75, 3.05) is 29.3 Å². The lowest BCUT2D eigenvalue weighted by Gasteiger charge is -2.20. The Morgan fingerprint density at radius 2 is 1.37 bits per heavy atom. The number of hydrogen-bond donors (Lipinski definition) is 5. The van der Waals surface area contributed by atoms with Crippen LogP contribution in [0.2, 0.25) is 0 Å². The first-order valence-corrected chi connectivity index (χ1v) is 20.1. The van der Waals surface area contributed by atoms with Gasteiger partial charge in [-0.15, -0.1) is 5.06 Å². The van der Waals surface area contributed by atoms with Gasteiger partial charge in [0.15, 0.2) is 10.9 Å². The first kappa shape index (κ1) is 40.3. The van der Waals surface area contributed by atoms with Crippen LogP contribution in [0, 0.1) is 15.8 Å². The van der Waals surface area contributed by atoms with E-state index in [-0.39, 0.29) is 35.7 Å². The maximum atomic E-state index is 13.6. The van der Waals surface area contributed by atoms with Gasteiger partial charge < -0.3 is 20.6 Å². The molecule has 2 aliphatic carbocycles. The van der Waals surface area contributed by atoms with Crippen molar-refractivity contribution >= 4 is 71.5 Å². The molecule has 20 heteroatoms. The van der Waals surface area contributed by atoms with Crippen LogP contribution in [0.1, 0.15) is 38.5 Å². The van der Waals surface area contributed by atoms with E-state index in [1.165, 1.54) is 30.3 Å². The Morgan fingerprint density at radius 3 is 1.98 bits per heavy atom. The van der Waals surface area contributed by atoms with E-state index in [1.807, 2.05) is 24.1 Å². The van der Waals surface area contributed by atoms with Crippen molar-refractivity contribution in [1.82, 2.24) is 5.06 Å². The number of benzene rings is 3. The van der Waals surface area contributed by atoms with Gasteiger partial charge in [-0.3, -0.25) is 33.7 Å². The molecule has 1 fully saturated rings. The number of hydrogen-bond acceptors (Lipinski definition) is 15. The van der Waals surface area contributed by atoms with Crippen LogP contribution in [0.3, 0.4) is 0 Å². The van der Waals surface area contributed by atoms with Crippen molar-refractivity contribution in [2.24, 2.45) is 4.99 Å². The molecule has 296 valence electrons. The topological polar surface area (TPSA) is 270 Å². The number of nitrogens with one attached hydrogen (secondary N) is 3. The fourth-order valence-corrected chi connectivity index (χ4v) is 7.51. The molecule has 0 spiro atoms. The molecular weight excluding hydrogens is 785 g/mol. The van der Waals surface area contributed by atoms with Gasteiger partial charge in [0.1, 0.15) is 9.79 Å². The van der Waals surface area contributed by atoms with Gasteiger partial charge in [0, 0.05) is 49.3 Å². The van der Waals surface area contributed by atoms with Gasteiger partial charge in [0.25, 0.3) is 32.1 Å². The van der Waals surface area contributed by atoms with Crippen LogP contribution < -0.4 is 37.3 Å². The Labute approximate surface area is 323 Å². The summed E-state index contributed by atoms with van der Waals surface area (Å²) in [6, 6.07) is 17.0. The van der Waals surface area contributed by atoms with E-state index < -0.39 is 85.5 Å². The molecule has 1 saturated heterocycles. The second-order valence-corrected chi connectivity index (χ2v) is 15.8. The number of carbonyl (C=O) groups is 3. The number of imide groups is 1. The van der Waals surface area contributed by atoms with E-state index in [4.69, 9.17) is 10.2 Å². The second kappa shape index (κ2) is 16.0. The molecule has 0 aromatic heterocycles. The van der Waals surface area contributed by atoms with Gasteiger partial charge in [-0.2, -0.15) is 16.8 Å². The number of hydrazine groups is 1. The molecule has 0 radical (unpaired) electrons. The number of rotatable bonds is 14. The summed E-state index contributed by atoms with van der Waals surface area (Å²) in [5.41, 5.74) is 5.15. The lowest BCUT2D eigenvalue weighted by atomic mass is 10.0. The van der Waals surface area contributed by atoms with Gasteiger partial charge >= 0.3 is 5.97 Å². The zero-order valence-electron chi connectivity index (χ0n) is 30.0. The summed E-state index contributed by atoms with van der Waals surface area (Å²) in [6.07, 6.45) is 2.08. The van der Waals surface area contributed by atoms with E-state index >= 15 is 0 Å². The van der Waals surface area contributed by atoms with Crippen molar-refractivity contribution in [2.45, 2.75) is 48.3 Å². The van der Waals surface area contributed by atoms with Crippen LogP contribution >= 0.6 is 0 Å². The third kappa shape index (κ3) is 8.73. The second-order valence-electron chi connectivity index (χ2n) is 13.0. The molecule has 3 aromatic carbocycles. The highest BCUT2D eigenvalue weighted by atomic mass is 32.2. The summed E-state index contributed by atoms with van der Waals surface area (Å²) >= 11 is 0. The molecule has 18 nitrogen and oxygen atoms in total. The van der Waals surface area contributed by atoms with Gasteiger partial charge in [-0.05, 0) is 61.4 Å². The maximum Gasteiger partial charge on any atom is 0.333 e. The van der Waals surface area contributed by atoms with Crippen molar-refractivity contribution < 1.29 is 45.2 Å². The minimum atomic E-state index is -5.13. The highest BCUT2D eigenvalue weighted by Crippen LogP contribution is 2.28. The van der Waals surface area contributed by atoms with E-state index in [0.717, 1.165) is 24.2 Å². The van der Waals surface area contributed by atoms with E-state index in [1.54, 1.807) is 12.1 Å². The fourth-order valence-electron chi connectivity index (χ4n) is 6.24. The largest absolute Gasteiger partial charge is 0.375 e. The number of hydroxylamine groups is 2. The van der Waals surface area contributed by atoms with Gasteiger partial charge in [0.2, 0.25) is 0 Å². The summed E-state index contributed by atoms with van der Waals surface area (Å²) < 4.78 is 69.6. The van der Waals surface area contributed by atoms with Crippen LogP contribution in [0.5, 0.6) is 0 Å². The first-order valence-electron chi connectivity index (χ1n) is 17.3. The van der Waals surface area contributed by atoms with Crippen LogP contribution in [-0.2, 0) is 39.5 Å². The van der Waals surface area contributed by atoms with Crippen molar-refractivity contribution in [3.05, 3.63) is 114 Å². The Kier molecular flexibility index (Phi) is 11.3. The van der Waals surface area contributed by atoms with Gasteiger partial charge in [0.05, 0.1) is 38.2 Å². The minimum absolute atomic E-state index is 0.0313. The number of nitrogens with zero attached hydrogens (tertiary/aromatic N) is 3. The van der Waals surface area contributed by atoms with Crippen molar-refractivity contribution in [1.29, 1.82) is 5.41 Å². The first-order chi connectivity index (χ1) is 26.9. The molecule has 6 rings (SSSR count). The van der Waals surface area contributed by atoms with Crippen molar-refractivity contribution in [3.63, 3.8) is 0 Å². The quantitative estimate of drug-likeness (QED) is 0.0466. The SMILES string of the molecule is CN(CCCCCC(=O)ON1C(=O)CCC1=O)c1ccc(NNc2ccc(N=c3cc(S(=O)(=O)O)c(=N)c4c(=O)c5ccccc5c(=O)c3=4)c(S(=O)(=O)O)c2)cc1. The summed E-state index contributed by atoms with van der Waals surface area (Å²) in [4.78, 5) is 71.5. The zero-order valence-corrected chi connectivity index (χ0v) is 31.6. The smallest absolute Gasteiger partial charge is 0.333 e. The molecule has 0 atom stereocenters. The van der Waals surface area contributed by atoms with Crippen molar-refractivity contribution in [3.8, 4) is 0 Å². The molecule has 5 N–H and O–H groups in total. The normalized spacial score (nSPS) is 13.7. The minimum Gasteiger partial charge on any atom is -0.375 e. The molecular formula is C37H34N6O12S2. The standard InChI is InChI=1S/C37H34N6O12S2/c1-42(18-6-2-3-9-32(46)55-43-30(44)16-17-31(43)45)23-13-10-21(11-14-23)40-41-22-12-15-26(28(19-22)56(49,50)51)39-27-20-29(57(52,53)54)35(38)34-33(27)36(47)24-7-4-5-8-25(24)37(34)48/h4-5,7-8,10-15,19-20,38,40-41H,2-3,6,9,16-18H2,1H3,(H,49,50,51)(H,52,53,54). The Balaban J connectivity index is 1.17. The number of amides is 2. The van der Waals surface area contributed by atoms with E-state index in [2.05, 4.69) is 15.8 Å². The van der Waals surface area contributed by atoms with Crippen LogP contribution in [-0.4, -0.2) is 62.4 Å². The van der Waals surface area contributed by atoms with Gasteiger partial charge in [-0.25, -0.2) is 9.79 Å². The third-order valence-electron chi connectivity index (χ3n) is 9.13. The Bertz CT molecular complexity index is 2950. The average Bonchev–Trinajstić information content (AvgIpc) is 3.48. The third-order valence-corrected chi connectivity index (χ3v) is 10.9. The maximum absolute atomic E-state index is 13.6. The highest BCUT2D eigenvalue weighted by molar-refractivity contribution is 7.86. The molecule has 2 amide bonds. The molecule has 3 aromatic rings. The van der Waals surface area contributed by atoms with E-state index in [9.17, 15) is 49.9 Å². The summed E-state index contributed by atoms with van der Waals surface area (Å²) in [6.45, 7) is 0.657. The lowest BCUT2D eigenvalue weighted by molar-refractivity contribution is -0.197. The number of anilines is 3. The van der Waals surface area contributed by atoms with Crippen LogP contribution in [0.15, 0.2) is 97.2 Å². The monoisotopic (exact) mass is 818 g/mol. The number of fused-ring (bicyclic) bond motifs is 1. The molecule has 0 unspecified atom stereocenters. The van der Waals surface area contributed by atoms with Crippen LogP contribution in [0.25, 0.3) is 10.8 Å². The predicted octanol–water partition coefficient (Wildman–Crippen LogP) is 2.41. The average molecular weight is 819 g/mol. The number of carbonyl (C=O) groups excluding carboxylic acids is 3. The Morgan fingerprint density at radius 1 is 0.789 bits per heavy atom. The number of unbranched alkanes of at least 4 members (excludes halogenated alkanes) is 2.